The molecule has 0 aliphatic rings. The van der Waals surface area contributed by atoms with Crippen molar-refractivity contribution in [3.05, 3.63) is 129 Å². The Morgan fingerprint density at radius 2 is 1.50 bits per heavy atom. The van der Waals surface area contributed by atoms with Gasteiger partial charge in [-0.3, -0.25) is 4.79 Å². The molecule has 4 aromatic rings. The monoisotopic (exact) mass is 460 g/mol. The van der Waals surface area contributed by atoms with E-state index in [0.29, 0.717) is 11.3 Å². The van der Waals surface area contributed by atoms with Gasteiger partial charge in [-0.15, -0.1) is 0 Å². The van der Waals surface area contributed by atoms with Crippen LogP contribution in [-0.4, -0.2) is 4.57 Å². The van der Waals surface area contributed by atoms with Gasteiger partial charge in [-0.1, -0.05) is 66.7 Å². The Hall–Kier alpha value is -4.31. The zero-order valence-electron chi connectivity index (χ0n) is 17.9. The highest BCUT2D eigenvalue weighted by Gasteiger charge is 2.36. The van der Waals surface area contributed by atoms with Crippen LogP contribution in [0.15, 0.2) is 95.8 Å². The summed E-state index contributed by atoms with van der Waals surface area (Å²) in [6, 6.07) is 25.8. The maximum absolute atomic E-state index is 13.7. The van der Waals surface area contributed by atoms with Gasteiger partial charge in [-0.05, 0) is 41.0 Å². The Bertz CT molecular complexity index is 1390. The summed E-state index contributed by atoms with van der Waals surface area (Å²) in [5, 5.41) is 0. The molecular formula is C27H19F3N2O2. The highest BCUT2D eigenvalue weighted by atomic mass is 19.4. The number of rotatable bonds is 6. The third kappa shape index (κ3) is 5.02. The van der Waals surface area contributed by atoms with Crippen molar-refractivity contribution >= 4 is 5.69 Å². The van der Waals surface area contributed by atoms with Gasteiger partial charge in [0.15, 0.2) is 0 Å². The number of ether oxygens (including phenoxy) is 1. The Balaban J connectivity index is 1.82. The highest BCUT2D eigenvalue weighted by molar-refractivity contribution is 5.66. The quantitative estimate of drug-likeness (QED) is 0.300. The molecule has 0 unspecified atom stereocenters. The van der Waals surface area contributed by atoms with Gasteiger partial charge in [0.1, 0.15) is 12.4 Å². The van der Waals surface area contributed by atoms with E-state index in [4.69, 9.17) is 11.3 Å². The number of alkyl halides is 3. The molecule has 1 aromatic heterocycles. The SMILES string of the molecule is [C-]#[N+]c1c(C(F)(F)F)cc(-c2cccc(COc3ccccc3)c2)n(Cc2ccccc2)c1=O. The van der Waals surface area contributed by atoms with Gasteiger partial charge >= 0.3 is 6.18 Å². The Morgan fingerprint density at radius 3 is 2.15 bits per heavy atom. The minimum atomic E-state index is -4.84. The van der Waals surface area contributed by atoms with Crippen molar-refractivity contribution in [1.82, 2.24) is 4.57 Å². The fourth-order valence-corrected chi connectivity index (χ4v) is 3.63. The van der Waals surface area contributed by atoms with Gasteiger partial charge < -0.3 is 9.30 Å². The van der Waals surface area contributed by atoms with Crippen LogP contribution in [0.5, 0.6) is 5.75 Å². The molecule has 0 saturated carbocycles. The third-order valence-corrected chi connectivity index (χ3v) is 5.25. The van der Waals surface area contributed by atoms with E-state index in [9.17, 15) is 18.0 Å². The number of halogens is 3. The normalized spacial score (nSPS) is 11.1. The zero-order chi connectivity index (χ0) is 24.1. The topological polar surface area (TPSA) is 35.6 Å². The predicted molar refractivity (Wildman–Crippen MR) is 124 cm³/mol. The van der Waals surface area contributed by atoms with E-state index in [0.717, 1.165) is 17.2 Å². The lowest BCUT2D eigenvalue weighted by molar-refractivity contribution is -0.136. The number of benzene rings is 3. The smallest absolute Gasteiger partial charge is 0.407 e. The first-order valence-electron chi connectivity index (χ1n) is 10.4. The van der Waals surface area contributed by atoms with Crippen molar-refractivity contribution in [3.63, 3.8) is 0 Å². The first-order valence-corrected chi connectivity index (χ1v) is 10.4. The van der Waals surface area contributed by atoms with Crippen LogP contribution in [0.25, 0.3) is 16.1 Å². The standard InChI is InChI=1S/C27H19F3N2O2/c1-31-25-23(27(28,29)30)16-24(32(26(25)33)17-19-9-4-2-5-10-19)21-12-8-11-20(15-21)18-34-22-13-6-3-7-14-22/h2-16H,17-18H2. The van der Waals surface area contributed by atoms with Crippen LogP contribution in [0.4, 0.5) is 18.9 Å². The molecule has 34 heavy (non-hydrogen) atoms. The van der Waals surface area contributed by atoms with E-state index in [1.54, 1.807) is 66.7 Å². The molecule has 0 amide bonds. The fraction of sp³-hybridized carbons (Fsp3) is 0.111. The van der Waals surface area contributed by atoms with Crippen LogP contribution in [0, 0.1) is 6.57 Å². The zero-order valence-corrected chi connectivity index (χ0v) is 17.9. The minimum absolute atomic E-state index is 0.0282. The molecule has 4 rings (SSSR count). The number of pyridine rings is 1. The molecule has 0 N–H and O–H groups in total. The number of nitrogens with zero attached hydrogens (tertiary/aromatic N) is 2. The van der Waals surface area contributed by atoms with Crippen molar-refractivity contribution in [2.45, 2.75) is 19.3 Å². The second-order valence-electron chi connectivity index (χ2n) is 7.58. The Kier molecular flexibility index (Phi) is 6.51. The van der Waals surface area contributed by atoms with Gasteiger partial charge in [0.05, 0.1) is 12.1 Å². The summed E-state index contributed by atoms with van der Waals surface area (Å²) in [6.45, 7) is 7.45. The third-order valence-electron chi connectivity index (χ3n) is 5.25. The van der Waals surface area contributed by atoms with Crippen molar-refractivity contribution in [2.24, 2.45) is 0 Å². The van der Waals surface area contributed by atoms with Gasteiger partial charge in [0.25, 0.3) is 11.2 Å². The molecule has 0 aliphatic carbocycles. The maximum Gasteiger partial charge on any atom is 0.407 e. The summed E-state index contributed by atoms with van der Waals surface area (Å²) in [5.41, 5.74) is -1.20. The van der Waals surface area contributed by atoms with E-state index >= 15 is 0 Å². The van der Waals surface area contributed by atoms with Gasteiger partial charge in [-0.25, -0.2) is 4.85 Å². The lowest BCUT2D eigenvalue weighted by atomic mass is 10.0. The largest absolute Gasteiger partial charge is 0.489 e. The number of aromatic nitrogens is 1. The van der Waals surface area contributed by atoms with E-state index in [1.807, 2.05) is 18.2 Å². The molecule has 0 spiro atoms. The highest BCUT2D eigenvalue weighted by Crippen LogP contribution is 2.37. The summed E-state index contributed by atoms with van der Waals surface area (Å²) in [6.07, 6.45) is -4.84. The van der Waals surface area contributed by atoms with Crippen molar-refractivity contribution in [2.75, 3.05) is 0 Å². The molecule has 0 aliphatic heterocycles. The van der Waals surface area contributed by atoms with E-state index in [-0.39, 0.29) is 18.8 Å². The molecule has 0 saturated heterocycles. The molecule has 0 atom stereocenters. The van der Waals surface area contributed by atoms with E-state index < -0.39 is 23.0 Å². The van der Waals surface area contributed by atoms with Crippen LogP contribution >= 0.6 is 0 Å². The molecular weight excluding hydrogens is 441 g/mol. The fourth-order valence-electron chi connectivity index (χ4n) is 3.63. The van der Waals surface area contributed by atoms with Crippen molar-refractivity contribution in [1.29, 1.82) is 0 Å². The van der Waals surface area contributed by atoms with Gasteiger partial charge in [-0.2, -0.15) is 13.2 Å². The summed E-state index contributed by atoms with van der Waals surface area (Å²) in [7, 11) is 0. The lowest BCUT2D eigenvalue weighted by Crippen LogP contribution is -2.25. The molecule has 0 radical (unpaired) electrons. The molecule has 1 heterocycles. The molecule has 4 nitrogen and oxygen atoms in total. The van der Waals surface area contributed by atoms with Crippen molar-refractivity contribution < 1.29 is 17.9 Å². The van der Waals surface area contributed by atoms with Crippen LogP contribution in [0.2, 0.25) is 0 Å². The summed E-state index contributed by atoms with van der Waals surface area (Å²) < 4.78 is 48.2. The molecule has 7 heteroatoms. The maximum atomic E-state index is 13.7. The second-order valence-corrected chi connectivity index (χ2v) is 7.58. The van der Waals surface area contributed by atoms with Crippen LogP contribution < -0.4 is 10.3 Å². The van der Waals surface area contributed by atoms with Gasteiger partial charge in [0.2, 0.25) is 0 Å². The van der Waals surface area contributed by atoms with Crippen LogP contribution in [0.1, 0.15) is 16.7 Å². The summed E-state index contributed by atoms with van der Waals surface area (Å²) >= 11 is 0. The average Bonchev–Trinajstić information content (AvgIpc) is 2.84. The molecule has 170 valence electrons. The average molecular weight is 460 g/mol. The lowest BCUT2D eigenvalue weighted by Gasteiger charge is -2.18. The van der Waals surface area contributed by atoms with E-state index in [1.165, 1.54) is 4.57 Å². The summed E-state index contributed by atoms with van der Waals surface area (Å²) in [4.78, 5) is 16.0. The number of para-hydroxylation sites is 1. The molecule has 3 aromatic carbocycles. The number of hydrogen-bond acceptors (Lipinski definition) is 2. The van der Waals surface area contributed by atoms with Crippen molar-refractivity contribution in [3.8, 4) is 17.0 Å². The Morgan fingerprint density at radius 1 is 0.853 bits per heavy atom. The first-order chi connectivity index (χ1) is 16.4. The molecule has 0 bridgehead atoms. The van der Waals surface area contributed by atoms with Crippen LogP contribution in [-0.2, 0) is 19.3 Å². The van der Waals surface area contributed by atoms with E-state index in [2.05, 4.69) is 4.85 Å². The second kappa shape index (κ2) is 9.67. The Labute approximate surface area is 194 Å². The van der Waals surface area contributed by atoms with Gasteiger partial charge in [0, 0.05) is 12.2 Å². The minimum Gasteiger partial charge on any atom is -0.489 e. The molecule has 0 fully saturated rings. The predicted octanol–water partition coefficient (Wildman–Crippen LogP) is 6.71. The van der Waals surface area contributed by atoms with Crippen LogP contribution in [0.3, 0.4) is 0 Å². The first kappa shape index (κ1) is 22.9. The number of hydrogen-bond donors (Lipinski definition) is 0. The summed E-state index contributed by atoms with van der Waals surface area (Å²) in [5.74, 6) is 0.662.